The van der Waals surface area contributed by atoms with Crippen molar-refractivity contribution in [2.75, 3.05) is 40.0 Å². The number of guanidine groups is 1. The highest BCUT2D eigenvalue weighted by molar-refractivity contribution is 14.0. The molecule has 1 atom stereocenters. The number of para-hydroxylation sites is 1. The van der Waals surface area contributed by atoms with Crippen molar-refractivity contribution in [3.05, 3.63) is 29.8 Å². The van der Waals surface area contributed by atoms with Crippen molar-refractivity contribution in [2.24, 2.45) is 16.8 Å². The van der Waals surface area contributed by atoms with Gasteiger partial charge in [0.05, 0.1) is 19.8 Å². The number of hydrogen-bond acceptors (Lipinski definition) is 3. The van der Waals surface area contributed by atoms with Crippen LogP contribution >= 0.6 is 24.0 Å². The first-order valence-electron chi connectivity index (χ1n) is 9.36. The fourth-order valence-electron chi connectivity index (χ4n) is 3.01. The molecule has 1 aliphatic rings. The summed E-state index contributed by atoms with van der Waals surface area (Å²) in [4.78, 5) is 7.20. The molecule has 26 heavy (non-hydrogen) atoms. The summed E-state index contributed by atoms with van der Waals surface area (Å²) < 4.78 is 11.2. The van der Waals surface area contributed by atoms with Gasteiger partial charge >= 0.3 is 0 Å². The second-order valence-electron chi connectivity index (χ2n) is 7.04. The van der Waals surface area contributed by atoms with Crippen LogP contribution in [0.4, 0.5) is 0 Å². The fourth-order valence-corrected chi connectivity index (χ4v) is 3.01. The lowest BCUT2D eigenvalue weighted by Crippen LogP contribution is -2.40. The molecule has 1 fully saturated rings. The molecule has 2 rings (SSSR count). The van der Waals surface area contributed by atoms with Crippen molar-refractivity contribution >= 4 is 29.9 Å². The van der Waals surface area contributed by atoms with Gasteiger partial charge in [-0.2, -0.15) is 0 Å². The van der Waals surface area contributed by atoms with Crippen LogP contribution in [0.3, 0.4) is 0 Å². The van der Waals surface area contributed by atoms with Gasteiger partial charge in [-0.3, -0.25) is 0 Å². The van der Waals surface area contributed by atoms with Gasteiger partial charge in [0.1, 0.15) is 5.75 Å². The summed E-state index contributed by atoms with van der Waals surface area (Å²) in [6.45, 7) is 11.5. The van der Waals surface area contributed by atoms with Gasteiger partial charge in [0, 0.05) is 38.2 Å². The maximum absolute atomic E-state index is 5.95. The van der Waals surface area contributed by atoms with E-state index in [4.69, 9.17) is 14.5 Å². The summed E-state index contributed by atoms with van der Waals surface area (Å²) in [5.74, 6) is 3.03. The van der Waals surface area contributed by atoms with Gasteiger partial charge in [0.25, 0.3) is 0 Å². The van der Waals surface area contributed by atoms with Crippen LogP contribution in [0.1, 0.15) is 32.8 Å². The normalized spacial score (nSPS) is 17.3. The van der Waals surface area contributed by atoms with Crippen molar-refractivity contribution < 1.29 is 9.47 Å². The number of likely N-dealkylation sites (tertiary alicyclic amines) is 1. The van der Waals surface area contributed by atoms with Crippen LogP contribution in [0.5, 0.6) is 5.75 Å². The molecule has 1 aromatic carbocycles. The summed E-state index contributed by atoms with van der Waals surface area (Å²) in [6, 6.07) is 8.19. The van der Waals surface area contributed by atoms with Crippen LogP contribution in [-0.4, -0.2) is 50.8 Å². The Morgan fingerprint density at radius 1 is 1.35 bits per heavy atom. The molecular weight excluding hydrogens is 441 g/mol. The minimum absolute atomic E-state index is 0. The zero-order valence-electron chi connectivity index (χ0n) is 16.5. The number of methoxy groups -OCH3 is 1. The molecule has 0 bridgehead atoms. The maximum Gasteiger partial charge on any atom is 0.194 e. The Kier molecular flexibility index (Phi) is 11.0. The van der Waals surface area contributed by atoms with E-state index < -0.39 is 0 Å². The minimum Gasteiger partial charge on any atom is -0.493 e. The van der Waals surface area contributed by atoms with Gasteiger partial charge < -0.3 is 19.7 Å². The third-order valence-electron chi connectivity index (χ3n) is 4.27. The van der Waals surface area contributed by atoms with E-state index in [-0.39, 0.29) is 24.0 Å². The summed E-state index contributed by atoms with van der Waals surface area (Å²) in [5, 5.41) is 3.42. The van der Waals surface area contributed by atoms with Crippen molar-refractivity contribution in [3.8, 4) is 5.75 Å². The number of benzene rings is 1. The monoisotopic (exact) mass is 475 g/mol. The number of nitrogens with zero attached hydrogens (tertiary/aromatic N) is 2. The van der Waals surface area contributed by atoms with Crippen molar-refractivity contribution in [2.45, 2.75) is 33.7 Å². The van der Waals surface area contributed by atoms with Crippen LogP contribution in [0.25, 0.3) is 0 Å². The highest BCUT2D eigenvalue weighted by Crippen LogP contribution is 2.21. The molecule has 1 aromatic rings. The minimum atomic E-state index is 0. The molecule has 1 N–H and O–H groups in total. The first-order chi connectivity index (χ1) is 12.1. The Balaban J connectivity index is 0.00000338. The van der Waals surface area contributed by atoms with Crippen molar-refractivity contribution in [3.63, 3.8) is 0 Å². The molecule has 1 aliphatic heterocycles. The number of halogens is 1. The van der Waals surface area contributed by atoms with E-state index >= 15 is 0 Å². The molecule has 0 amide bonds. The average molecular weight is 475 g/mol. The Morgan fingerprint density at radius 3 is 2.81 bits per heavy atom. The zero-order valence-corrected chi connectivity index (χ0v) is 18.9. The summed E-state index contributed by atoms with van der Waals surface area (Å²) in [5.41, 5.74) is 1.13. The molecule has 0 aliphatic carbocycles. The van der Waals surface area contributed by atoms with E-state index in [1.165, 1.54) is 0 Å². The first kappa shape index (κ1) is 23.0. The Labute approximate surface area is 175 Å². The van der Waals surface area contributed by atoms with Crippen molar-refractivity contribution in [1.82, 2.24) is 10.2 Å². The van der Waals surface area contributed by atoms with Crippen LogP contribution < -0.4 is 10.1 Å². The maximum atomic E-state index is 5.95. The summed E-state index contributed by atoms with van der Waals surface area (Å²) >= 11 is 0. The van der Waals surface area contributed by atoms with E-state index in [0.29, 0.717) is 18.4 Å². The van der Waals surface area contributed by atoms with E-state index in [1.54, 1.807) is 7.11 Å². The van der Waals surface area contributed by atoms with Gasteiger partial charge in [-0.05, 0) is 25.3 Å². The highest BCUT2D eigenvalue weighted by Gasteiger charge is 2.24. The van der Waals surface area contributed by atoms with Crippen LogP contribution in [-0.2, 0) is 11.3 Å². The standard InChI is InChI=1S/C20H33N3O2.HI/c1-5-21-20(23-11-10-17(13-23)15-24-4)22-12-18-8-6-7-9-19(18)25-14-16(2)3;/h6-9,16-17H,5,10-15H2,1-4H3,(H,21,22);1H. The Morgan fingerprint density at radius 2 is 2.12 bits per heavy atom. The lowest BCUT2D eigenvalue weighted by atomic mass is 10.1. The fraction of sp³-hybridized carbons (Fsp3) is 0.650. The molecule has 1 unspecified atom stereocenters. The molecule has 6 heteroatoms. The second kappa shape index (κ2) is 12.4. The molecule has 0 spiro atoms. The molecule has 1 heterocycles. The van der Waals surface area contributed by atoms with Gasteiger partial charge in [-0.25, -0.2) is 4.99 Å². The summed E-state index contributed by atoms with van der Waals surface area (Å²) in [7, 11) is 1.77. The van der Waals surface area contributed by atoms with Gasteiger partial charge in [-0.15, -0.1) is 24.0 Å². The third-order valence-corrected chi connectivity index (χ3v) is 4.27. The smallest absolute Gasteiger partial charge is 0.194 e. The average Bonchev–Trinajstić information content (AvgIpc) is 3.06. The Hall–Kier alpha value is -1.02. The van der Waals surface area contributed by atoms with Crippen LogP contribution in [0.2, 0.25) is 0 Å². The van der Waals surface area contributed by atoms with Crippen LogP contribution in [0.15, 0.2) is 29.3 Å². The van der Waals surface area contributed by atoms with Crippen molar-refractivity contribution in [1.29, 1.82) is 0 Å². The molecule has 0 saturated carbocycles. The summed E-state index contributed by atoms with van der Waals surface area (Å²) in [6.07, 6.45) is 1.16. The van der Waals surface area contributed by atoms with Gasteiger partial charge in [0.2, 0.25) is 0 Å². The van der Waals surface area contributed by atoms with E-state index in [2.05, 4.69) is 37.1 Å². The quantitative estimate of drug-likeness (QED) is 0.353. The first-order valence-corrected chi connectivity index (χ1v) is 9.36. The van der Waals surface area contributed by atoms with Gasteiger partial charge in [0.15, 0.2) is 5.96 Å². The Bertz CT molecular complexity index is 552. The SMILES string of the molecule is CCNC(=NCc1ccccc1OCC(C)C)N1CCC(COC)C1.I. The lowest BCUT2D eigenvalue weighted by Gasteiger charge is -2.22. The number of hydrogen-bond donors (Lipinski definition) is 1. The number of ether oxygens (including phenoxy) is 2. The molecule has 148 valence electrons. The topological polar surface area (TPSA) is 46.1 Å². The molecule has 1 saturated heterocycles. The van der Waals surface area contributed by atoms with Gasteiger partial charge in [-0.1, -0.05) is 32.0 Å². The predicted octanol–water partition coefficient (Wildman–Crippen LogP) is 3.77. The van der Waals surface area contributed by atoms with E-state index in [1.807, 2.05) is 18.2 Å². The third kappa shape index (κ3) is 7.31. The number of aliphatic imine (C=N–C) groups is 1. The predicted molar refractivity (Wildman–Crippen MR) is 119 cm³/mol. The second-order valence-corrected chi connectivity index (χ2v) is 7.04. The highest BCUT2D eigenvalue weighted by atomic mass is 127. The molecule has 5 nitrogen and oxygen atoms in total. The number of rotatable bonds is 8. The number of nitrogens with one attached hydrogen (secondary N) is 1. The lowest BCUT2D eigenvalue weighted by molar-refractivity contribution is 0.157. The zero-order chi connectivity index (χ0) is 18.1. The van der Waals surface area contributed by atoms with Crippen LogP contribution in [0, 0.1) is 11.8 Å². The molecule has 0 radical (unpaired) electrons. The van der Waals surface area contributed by atoms with E-state index in [9.17, 15) is 0 Å². The molecular formula is C20H34IN3O2. The van der Waals surface area contributed by atoms with E-state index in [0.717, 1.165) is 56.5 Å². The largest absolute Gasteiger partial charge is 0.493 e. The molecule has 0 aromatic heterocycles.